The molecule has 18 heavy (non-hydrogen) atoms. The monoisotopic (exact) mass is 275 g/mol. The molecular formula is C12H16ClF2N3. The number of hydrogen-bond donors (Lipinski definition) is 1. The van der Waals surface area contributed by atoms with Crippen LogP contribution in [-0.4, -0.2) is 31.0 Å². The van der Waals surface area contributed by atoms with Gasteiger partial charge in [0, 0.05) is 25.8 Å². The predicted octanol–water partition coefficient (Wildman–Crippen LogP) is 2.69. The number of hydrogen-bond acceptors (Lipinski definition) is 3. The van der Waals surface area contributed by atoms with Gasteiger partial charge < -0.3 is 10.2 Å². The molecule has 0 bridgehead atoms. The van der Waals surface area contributed by atoms with E-state index in [4.69, 9.17) is 11.6 Å². The molecule has 2 rings (SSSR count). The largest absolute Gasteiger partial charge is 0.354 e. The molecule has 3 nitrogen and oxygen atoms in total. The Kier molecular flexibility index (Phi) is 4.35. The molecular weight excluding hydrogens is 260 g/mol. The minimum Gasteiger partial charge on any atom is -0.354 e. The highest BCUT2D eigenvalue weighted by atomic mass is 35.5. The molecule has 0 unspecified atom stereocenters. The van der Waals surface area contributed by atoms with Gasteiger partial charge >= 0.3 is 0 Å². The van der Waals surface area contributed by atoms with Crippen LogP contribution in [0.4, 0.5) is 14.6 Å². The van der Waals surface area contributed by atoms with E-state index in [0.29, 0.717) is 23.4 Å². The summed E-state index contributed by atoms with van der Waals surface area (Å²) in [6.45, 7) is 0.325. The zero-order valence-electron chi connectivity index (χ0n) is 10.2. The zero-order valence-corrected chi connectivity index (χ0v) is 10.9. The predicted molar refractivity (Wildman–Crippen MR) is 68.4 cm³/mol. The Labute approximate surface area is 110 Å². The van der Waals surface area contributed by atoms with Gasteiger partial charge in [0.05, 0.1) is 11.6 Å². The number of pyridine rings is 1. The Morgan fingerprint density at radius 3 is 2.89 bits per heavy atom. The standard InChI is InChI=1S/C12H16ClF2N3/c1-18(7-11(14)15)12-4-8(10(13)6-17-12)5-16-9-2-3-9/h4,6,9,11,16H,2-3,5,7H2,1H3. The number of rotatable bonds is 6. The first-order valence-corrected chi connectivity index (χ1v) is 6.31. The highest BCUT2D eigenvalue weighted by molar-refractivity contribution is 6.31. The lowest BCUT2D eigenvalue weighted by Crippen LogP contribution is -2.25. The summed E-state index contributed by atoms with van der Waals surface area (Å²) in [5, 5.41) is 3.91. The molecule has 1 heterocycles. The number of nitrogens with zero attached hydrogens (tertiary/aromatic N) is 2. The molecule has 1 saturated carbocycles. The highest BCUT2D eigenvalue weighted by Gasteiger charge is 2.20. The van der Waals surface area contributed by atoms with Crippen molar-refractivity contribution in [2.24, 2.45) is 0 Å². The quantitative estimate of drug-likeness (QED) is 0.865. The molecule has 1 N–H and O–H groups in total. The molecule has 0 aromatic carbocycles. The summed E-state index contributed by atoms with van der Waals surface area (Å²) in [5.41, 5.74) is 0.898. The lowest BCUT2D eigenvalue weighted by Gasteiger charge is -2.18. The van der Waals surface area contributed by atoms with Gasteiger partial charge in [-0.2, -0.15) is 0 Å². The molecule has 0 atom stereocenters. The number of nitrogens with one attached hydrogen (secondary N) is 1. The molecule has 0 radical (unpaired) electrons. The van der Waals surface area contributed by atoms with Crippen LogP contribution in [0.25, 0.3) is 0 Å². The Bertz CT molecular complexity index is 410. The third kappa shape index (κ3) is 3.78. The smallest absolute Gasteiger partial charge is 0.255 e. The highest BCUT2D eigenvalue weighted by Crippen LogP contribution is 2.23. The SMILES string of the molecule is CN(CC(F)F)c1cc(CNC2CC2)c(Cl)cn1. The van der Waals surface area contributed by atoms with E-state index in [9.17, 15) is 8.78 Å². The normalized spacial score (nSPS) is 15.2. The Morgan fingerprint density at radius 2 is 2.28 bits per heavy atom. The van der Waals surface area contributed by atoms with Crippen molar-refractivity contribution in [3.63, 3.8) is 0 Å². The summed E-state index contributed by atoms with van der Waals surface area (Å²) in [6, 6.07) is 2.34. The van der Waals surface area contributed by atoms with E-state index < -0.39 is 6.43 Å². The average Bonchev–Trinajstić information content (AvgIpc) is 3.10. The first-order chi connectivity index (χ1) is 8.56. The second-order valence-corrected chi connectivity index (χ2v) is 4.97. The van der Waals surface area contributed by atoms with Crippen molar-refractivity contribution in [3.05, 3.63) is 22.8 Å². The van der Waals surface area contributed by atoms with Crippen LogP contribution in [0.5, 0.6) is 0 Å². The first-order valence-electron chi connectivity index (χ1n) is 5.93. The Balaban J connectivity index is 2.03. The maximum absolute atomic E-state index is 12.3. The van der Waals surface area contributed by atoms with Crippen LogP contribution in [0.1, 0.15) is 18.4 Å². The zero-order chi connectivity index (χ0) is 13.1. The fourth-order valence-electron chi connectivity index (χ4n) is 1.65. The van der Waals surface area contributed by atoms with Gasteiger partial charge in [0.25, 0.3) is 6.43 Å². The maximum Gasteiger partial charge on any atom is 0.255 e. The molecule has 0 aliphatic heterocycles. The van der Waals surface area contributed by atoms with Crippen molar-refractivity contribution in [1.82, 2.24) is 10.3 Å². The molecule has 1 aromatic rings. The van der Waals surface area contributed by atoms with Crippen LogP contribution in [-0.2, 0) is 6.54 Å². The summed E-state index contributed by atoms with van der Waals surface area (Å²) < 4.78 is 24.6. The molecule has 0 amide bonds. The van der Waals surface area contributed by atoms with Crippen LogP contribution < -0.4 is 10.2 Å². The van der Waals surface area contributed by atoms with Crippen LogP contribution in [0.2, 0.25) is 5.02 Å². The van der Waals surface area contributed by atoms with Gasteiger partial charge in [0.2, 0.25) is 0 Å². The van der Waals surface area contributed by atoms with Crippen LogP contribution in [0.3, 0.4) is 0 Å². The van der Waals surface area contributed by atoms with E-state index in [-0.39, 0.29) is 6.54 Å². The Hall–Kier alpha value is -0.940. The first kappa shape index (κ1) is 13.5. The van der Waals surface area contributed by atoms with E-state index in [2.05, 4.69) is 10.3 Å². The summed E-state index contributed by atoms with van der Waals surface area (Å²) >= 11 is 6.04. The lowest BCUT2D eigenvalue weighted by atomic mass is 10.2. The minimum atomic E-state index is -2.37. The molecule has 6 heteroatoms. The van der Waals surface area contributed by atoms with E-state index in [1.165, 1.54) is 23.9 Å². The molecule has 1 fully saturated rings. The van der Waals surface area contributed by atoms with Gasteiger partial charge in [-0.15, -0.1) is 0 Å². The second-order valence-electron chi connectivity index (χ2n) is 4.56. The number of halogens is 3. The number of alkyl halides is 2. The van der Waals surface area contributed by atoms with E-state index in [0.717, 1.165) is 5.56 Å². The van der Waals surface area contributed by atoms with Crippen molar-refractivity contribution in [3.8, 4) is 0 Å². The fraction of sp³-hybridized carbons (Fsp3) is 0.583. The Morgan fingerprint density at radius 1 is 1.56 bits per heavy atom. The second kappa shape index (κ2) is 5.80. The summed E-state index contributed by atoms with van der Waals surface area (Å²) in [7, 11) is 1.60. The number of aromatic nitrogens is 1. The molecule has 1 aromatic heterocycles. The van der Waals surface area contributed by atoms with Crippen molar-refractivity contribution in [1.29, 1.82) is 0 Å². The third-order valence-electron chi connectivity index (χ3n) is 2.88. The van der Waals surface area contributed by atoms with E-state index in [1.54, 1.807) is 13.1 Å². The maximum atomic E-state index is 12.3. The van der Waals surface area contributed by atoms with Crippen LogP contribution in [0, 0.1) is 0 Å². The van der Waals surface area contributed by atoms with Gasteiger partial charge in [0.15, 0.2) is 0 Å². The van der Waals surface area contributed by atoms with Crippen LogP contribution >= 0.6 is 11.6 Å². The van der Waals surface area contributed by atoms with Gasteiger partial charge in [-0.1, -0.05) is 11.6 Å². The topological polar surface area (TPSA) is 28.2 Å². The van der Waals surface area contributed by atoms with E-state index in [1.807, 2.05) is 0 Å². The van der Waals surface area contributed by atoms with Gasteiger partial charge in [-0.25, -0.2) is 13.8 Å². The summed E-state index contributed by atoms with van der Waals surface area (Å²) in [4.78, 5) is 5.50. The molecule has 0 spiro atoms. The van der Waals surface area contributed by atoms with Crippen molar-refractivity contribution >= 4 is 17.4 Å². The minimum absolute atomic E-state index is 0.329. The van der Waals surface area contributed by atoms with Gasteiger partial charge in [-0.05, 0) is 24.5 Å². The lowest BCUT2D eigenvalue weighted by molar-refractivity contribution is 0.156. The number of anilines is 1. The summed E-state index contributed by atoms with van der Waals surface area (Å²) in [6.07, 6.45) is 1.53. The fourth-order valence-corrected chi connectivity index (χ4v) is 1.82. The molecule has 100 valence electrons. The molecule has 0 saturated heterocycles. The average molecular weight is 276 g/mol. The van der Waals surface area contributed by atoms with Gasteiger partial charge in [-0.3, -0.25) is 0 Å². The summed E-state index contributed by atoms with van der Waals surface area (Å²) in [5.74, 6) is 0.521. The van der Waals surface area contributed by atoms with Crippen molar-refractivity contribution in [2.75, 3.05) is 18.5 Å². The van der Waals surface area contributed by atoms with Crippen molar-refractivity contribution in [2.45, 2.75) is 31.9 Å². The third-order valence-corrected chi connectivity index (χ3v) is 3.22. The van der Waals surface area contributed by atoms with Gasteiger partial charge in [0.1, 0.15) is 5.82 Å². The molecule has 1 aliphatic carbocycles. The van der Waals surface area contributed by atoms with E-state index >= 15 is 0 Å². The molecule has 1 aliphatic rings. The van der Waals surface area contributed by atoms with Crippen LogP contribution in [0.15, 0.2) is 12.3 Å². The van der Waals surface area contributed by atoms with Crippen molar-refractivity contribution < 1.29 is 8.78 Å².